The molecule has 3 aromatic rings. The number of carbonyl (C=O) groups is 2. The van der Waals surface area contributed by atoms with Gasteiger partial charge in [-0.3, -0.25) is 14.5 Å². The first-order valence-corrected chi connectivity index (χ1v) is 11.9. The molecule has 3 aromatic carbocycles. The summed E-state index contributed by atoms with van der Waals surface area (Å²) in [7, 11) is 1.62. The quantitative estimate of drug-likeness (QED) is 0.515. The largest absolute Gasteiger partial charge is 0.497 e. The molecule has 0 unspecified atom stereocenters. The van der Waals surface area contributed by atoms with Crippen molar-refractivity contribution < 1.29 is 14.3 Å². The van der Waals surface area contributed by atoms with Crippen LogP contribution in [0.15, 0.2) is 77.8 Å². The van der Waals surface area contributed by atoms with Gasteiger partial charge in [0.25, 0.3) is 0 Å². The average molecular weight is 474 g/mol. The van der Waals surface area contributed by atoms with Gasteiger partial charge in [-0.15, -0.1) is 0 Å². The molecule has 0 radical (unpaired) electrons. The molecule has 174 valence electrons. The molecule has 1 aliphatic heterocycles. The summed E-state index contributed by atoms with van der Waals surface area (Å²) in [6.45, 7) is 4.34. The summed E-state index contributed by atoms with van der Waals surface area (Å²) >= 11 is 1.32. The second-order valence-corrected chi connectivity index (χ2v) is 9.35. The van der Waals surface area contributed by atoms with Crippen molar-refractivity contribution >= 4 is 40.1 Å². The summed E-state index contributed by atoms with van der Waals surface area (Å²) < 4.78 is 5.23. The Kier molecular flexibility index (Phi) is 7.33. The van der Waals surface area contributed by atoms with E-state index in [1.165, 1.54) is 11.8 Å². The number of ether oxygens (including phenoxy) is 1. The molecule has 0 spiro atoms. The lowest BCUT2D eigenvalue weighted by molar-refractivity contribution is -0.129. The molecule has 6 nitrogen and oxygen atoms in total. The fraction of sp³-hybridized carbons (Fsp3) is 0.222. The van der Waals surface area contributed by atoms with E-state index in [1.807, 2.05) is 86.6 Å². The Labute approximate surface area is 204 Å². The smallest absolute Gasteiger partial charge is 0.238 e. The normalized spacial score (nSPS) is 17.0. The van der Waals surface area contributed by atoms with Gasteiger partial charge in [0, 0.05) is 12.1 Å². The van der Waals surface area contributed by atoms with Gasteiger partial charge in [0.15, 0.2) is 5.17 Å². The third kappa shape index (κ3) is 5.66. The average Bonchev–Trinajstić information content (AvgIpc) is 2.84. The van der Waals surface area contributed by atoms with Gasteiger partial charge in [-0.1, -0.05) is 59.8 Å². The van der Waals surface area contributed by atoms with Gasteiger partial charge in [0.1, 0.15) is 11.0 Å². The van der Waals surface area contributed by atoms with E-state index in [2.05, 4.69) is 5.32 Å². The van der Waals surface area contributed by atoms with E-state index in [-0.39, 0.29) is 18.2 Å². The van der Waals surface area contributed by atoms with Crippen molar-refractivity contribution in [3.05, 3.63) is 89.5 Å². The summed E-state index contributed by atoms with van der Waals surface area (Å²) in [5.74, 6) is 0.421. The molecule has 0 saturated carbocycles. The van der Waals surface area contributed by atoms with Gasteiger partial charge < -0.3 is 10.1 Å². The Bertz CT molecular complexity index is 1210. The van der Waals surface area contributed by atoms with E-state index in [9.17, 15) is 9.59 Å². The highest BCUT2D eigenvalue weighted by molar-refractivity contribution is 8.15. The number of methoxy groups -OCH3 is 1. The number of nitrogens with one attached hydrogen (secondary N) is 1. The highest BCUT2D eigenvalue weighted by atomic mass is 32.2. The van der Waals surface area contributed by atoms with Crippen LogP contribution in [0.1, 0.15) is 23.1 Å². The third-order valence-electron chi connectivity index (χ3n) is 5.55. The van der Waals surface area contributed by atoms with Crippen molar-refractivity contribution in [2.24, 2.45) is 4.99 Å². The first kappa shape index (κ1) is 23.6. The Balaban J connectivity index is 1.58. The molecule has 1 N–H and O–H groups in total. The number of carbonyl (C=O) groups excluding carboxylic acids is 2. The molecule has 4 rings (SSSR count). The molecular weight excluding hydrogens is 446 g/mol. The molecule has 2 amide bonds. The number of amides is 2. The lowest BCUT2D eigenvalue weighted by Gasteiger charge is -2.32. The Morgan fingerprint density at radius 2 is 1.82 bits per heavy atom. The first-order valence-electron chi connectivity index (χ1n) is 11.0. The number of benzene rings is 3. The van der Waals surface area contributed by atoms with Gasteiger partial charge >= 0.3 is 0 Å². The number of amidine groups is 1. The number of nitrogens with zero attached hydrogens (tertiary/aromatic N) is 2. The van der Waals surface area contributed by atoms with E-state index in [0.29, 0.717) is 11.7 Å². The molecule has 0 aliphatic carbocycles. The number of aryl methyl sites for hydroxylation is 2. The van der Waals surface area contributed by atoms with Crippen LogP contribution >= 0.6 is 11.8 Å². The second kappa shape index (κ2) is 10.6. The van der Waals surface area contributed by atoms with Crippen LogP contribution in [0.25, 0.3) is 0 Å². The fourth-order valence-electron chi connectivity index (χ4n) is 3.69. The van der Waals surface area contributed by atoms with Crippen LogP contribution in [0, 0.1) is 13.8 Å². The molecule has 1 heterocycles. The zero-order valence-electron chi connectivity index (χ0n) is 19.4. The van der Waals surface area contributed by atoms with E-state index in [4.69, 9.17) is 9.73 Å². The maximum Gasteiger partial charge on any atom is 0.238 e. The number of thioether (sulfide) groups is 1. The molecule has 1 fully saturated rings. The van der Waals surface area contributed by atoms with Crippen molar-refractivity contribution in [3.8, 4) is 5.75 Å². The van der Waals surface area contributed by atoms with Crippen LogP contribution in [-0.4, -0.2) is 34.2 Å². The predicted molar refractivity (Wildman–Crippen MR) is 138 cm³/mol. The number of hydrogen-bond donors (Lipinski definition) is 1. The number of rotatable bonds is 6. The second-order valence-electron chi connectivity index (χ2n) is 8.18. The molecule has 1 aliphatic rings. The van der Waals surface area contributed by atoms with Crippen LogP contribution in [0.5, 0.6) is 5.75 Å². The lowest BCUT2D eigenvalue weighted by Crippen LogP contribution is -2.44. The first-order chi connectivity index (χ1) is 16.4. The summed E-state index contributed by atoms with van der Waals surface area (Å²) in [5, 5.41) is 2.94. The van der Waals surface area contributed by atoms with Crippen molar-refractivity contribution in [2.45, 2.75) is 32.1 Å². The third-order valence-corrected chi connectivity index (χ3v) is 6.74. The van der Waals surface area contributed by atoms with E-state index < -0.39 is 5.25 Å². The Morgan fingerprint density at radius 1 is 1.09 bits per heavy atom. The standard InChI is InChI=1S/C27H27N3O3S/c1-18-9-14-23(19(2)15-18)29-26(32)24-16-25(31)30(17-20-10-12-22(33-3)13-11-20)27(34-24)28-21-7-5-4-6-8-21/h4-15,24H,16-17H2,1-3H3,(H,29,32)/t24-/m0/s1. The summed E-state index contributed by atoms with van der Waals surface area (Å²) in [6.07, 6.45) is 0.103. The maximum absolute atomic E-state index is 13.2. The predicted octanol–water partition coefficient (Wildman–Crippen LogP) is 5.47. The van der Waals surface area contributed by atoms with E-state index in [0.717, 1.165) is 33.8 Å². The summed E-state index contributed by atoms with van der Waals surface area (Å²) in [4.78, 5) is 32.7. The van der Waals surface area contributed by atoms with Crippen LogP contribution in [-0.2, 0) is 16.1 Å². The van der Waals surface area contributed by atoms with Gasteiger partial charge in [0.2, 0.25) is 11.8 Å². The molecule has 0 aromatic heterocycles. The van der Waals surface area contributed by atoms with Crippen LogP contribution in [0.4, 0.5) is 11.4 Å². The zero-order chi connectivity index (χ0) is 24.1. The molecule has 0 bridgehead atoms. The minimum absolute atomic E-state index is 0.103. The lowest BCUT2D eigenvalue weighted by atomic mass is 10.1. The van der Waals surface area contributed by atoms with Gasteiger partial charge in [0.05, 0.1) is 19.3 Å². The van der Waals surface area contributed by atoms with Crippen LogP contribution in [0.3, 0.4) is 0 Å². The monoisotopic (exact) mass is 473 g/mol. The topological polar surface area (TPSA) is 71.0 Å². The highest BCUT2D eigenvalue weighted by Crippen LogP contribution is 2.31. The van der Waals surface area contributed by atoms with Crippen molar-refractivity contribution in [3.63, 3.8) is 0 Å². The fourth-order valence-corrected chi connectivity index (χ4v) is 4.79. The van der Waals surface area contributed by atoms with Gasteiger partial charge in [-0.25, -0.2) is 4.99 Å². The SMILES string of the molecule is COc1ccc(CN2C(=O)C[C@@H](C(=O)Nc3ccc(C)cc3C)SC2=Nc2ccccc2)cc1. The van der Waals surface area contributed by atoms with Crippen molar-refractivity contribution in [2.75, 3.05) is 12.4 Å². The summed E-state index contributed by atoms with van der Waals surface area (Å²) in [6, 6.07) is 22.9. The van der Waals surface area contributed by atoms with E-state index >= 15 is 0 Å². The zero-order valence-corrected chi connectivity index (χ0v) is 20.3. The van der Waals surface area contributed by atoms with E-state index in [1.54, 1.807) is 12.0 Å². The van der Waals surface area contributed by atoms with Gasteiger partial charge in [-0.2, -0.15) is 0 Å². The summed E-state index contributed by atoms with van der Waals surface area (Å²) in [5.41, 5.74) is 4.55. The van der Waals surface area contributed by atoms with Crippen molar-refractivity contribution in [1.82, 2.24) is 4.90 Å². The molecule has 7 heteroatoms. The molecular formula is C27H27N3O3S. The molecule has 1 atom stereocenters. The van der Waals surface area contributed by atoms with Crippen LogP contribution in [0.2, 0.25) is 0 Å². The number of aliphatic imine (C=N–C) groups is 1. The Morgan fingerprint density at radius 3 is 2.50 bits per heavy atom. The molecule has 34 heavy (non-hydrogen) atoms. The molecule has 1 saturated heterocycles. The minimum Gasteiger partial charge on any atom is -0.497 e. The van der Waals surface area contributed by atoms with Crippen LogP contribution < -0.4 is 10.1 Å². The highest BCUT2D eigenvalue weighted by Gasteiger charge is 2.36. The maximum atomic E-state index is 13.2. The number of hydrogen-bond acceptors (Lipinski definition) is 5. The van der Waals surface area contributed by atoms with Gasteiger partial charge in [-0.05, 0) is 55.3 Å². The van der Waals surface area contributed by atoms with Crippen molar-refractivity contribution in [1.29, 1.82) is 0 Å². The Hall–Kier alpha value is -3.58. The minimum atomic E-state index is -0.567. The number of anilines is 1. The number of para-hydroxylation sites is 1.